The van der Waals surface area contributed by atoms with Crippen LogP contribution in [0.25, 0.3) is 0 Å². The number of nitriles is 2. The maximum Gasteiger partial charge on any atom is 0.231 e. The van der Waals surface area contributed by atoms with Gasteiger partial charge in [-0.05, 0) is 0 Å². The Morgan fingerprint density at radius 3 is 1.91 bits per heavy atom. The number of nitrogens with zero attached hydrogens (tertiary/aromatic N) is 2. The molecule has 0 amide bonds. The molecule has 0 aromatic rings. The van der Waals surface area contributed by atoms with Crippen molar-refractivity contribution < 1.29 is 9.50 Å². The molecule has 0 aliphatic heterocycles. The quantitative estimate of drug-likeness (QED) is 0.285. The molecule has 0 aliphatic carbocycles. The van der Waals surface area contributed by atoms with Crippen molar-refractivity contribution in [1.82, 2.24) is 0 Å². The summed E-state index contributed by atoms with van der Waals surface area (Å²) < 4.78 is 11.9. The van der Waals surface area contributed by atoms with Gasteiger partial charge in [-0.3, -0.25) is 0 Å². The Bertz CT molecular complexity index is 224. The summed E-state index contributed by atoms with van der Waals surface area (Å²) in [4.78, 5) is 0. The summed E-state index contributed by atoms with van der Waals surface area (Å²) in [6.07, 6.45) is 0. The van der Waals surface area contributed by atoms with Crippen LogP contribution in [0.2, 0.25) is 0 Å². The van der Waals surface area contributed by atoms with E-state index in [1.165, 1.54) is 12.1 Å². The average Bonchev–Trinajstić information content (AvgIpc) is 1.90. The topological polar surface area (TPSA) is 67.8 Å². The molecule has 1 N–H and O–H groups in total. The van der Waals surface area contributed by atoms with Gasteiger partial charge in [0.15, 0.2) is 11.3 Å². The number of hydrogen-bond acceptors (Lipinski definition) is 3. The zero-order valence-corrected chi connectivity index (χ0v) is 8.43. The van der Waals surface area contributed by atoms with Gasteiger partial charge in [0.2, 0.25) is 5.63 Å². The van der Waals surface area contributed by atoms with E-state index in [9.17, 15) is 4.39 Å². The third kappa shape index (κ3) is 4.23. The molecule has 0 aromatic heterocycles. The largest absolute Gasteiger partial charge is 0.506 e. The van der Waals surface area contributed by atoms with Gasteiger partial charge in [-0.15, -0.1) is 0 Å². The fraction of sp³-hybridized carbons (Fsp3) is 0.200. The molecule has 1 radical (unpaired) electrons. The smallest absolute Gasteiger partial charge is 0.231 e. The Morgan fingerprint density at radius 1 is 1.45 bits per heavy atom. The Hall–Kier alpha value is -0.260. The standard InChI is InChI=1S/C5H2ClFN2O.Na/c6-5(7)4(10)3(1-8)2-9;/h5,10H;. The Morgan fingerprint density at radius 2 is 1.82 bits per heavy atom. The molecule has 1 atom stereocenters. The van der Waals surface area contributed by atoms with Crippen LogP contribution in [0.15, 0.2) is 11.3 Å². The number of aliphatic hydroxyl groups is 1. The van der Waals surface area contributed by atoms with Gasteiger partial charge in [-0.25, -0.2) is 4.39 Å². The minimum absolute atomic E-state index is 0. The van der Waals surface area contributed by atoms with E-state index >= 15 is 0 Å². The van der Waals surface area contributed by atoms with Crippen LogP contribution in [0.3, 0.4) is 0 Å². The molecule has 0 saturated carbocycles. The van der Waals surface area contributed by atoms with Crippen molar-refractivity contribution in [2.24, 2.45) is 0 Å². The van der Waals surface area contributed by atoms with Crippen LogP contribution in [-0.2, 0) is 0 Å². The van der Waals surface area contributed by atoms with Crippen molar-refractivity contribution in [3.8, 4) is 12.1 Å². The number of halogens is 2. The predicted octanol–water partition coefficient (Wildman–Crippen LogP) is 0.999. The van der Waals surface area contributed by atoms with Crippen LogP contribution in [0.4, 0.5) is 4.39 Å². The molecule has 1 unspecified atom stereocenters. The first kappa shape index (κ1) is 13.3. The van der Waals surface area contributed by atoms with Gasteiger partial charge in [0, 0.05) is 29.6 Å². The molecule has 3 nitrogen and oxygen atoms in total. The second-order valence-electron chi connectivity index (χ2n) is 1.28. The fourth-order valence-corrected chi connectivity index (χ4v) is 0.358. The molecule has 0 aromatic carbocycles. The van der Waals surface area contributed by atoms with Gasteiger partial charge >= 0.3 is 0 Å². The van der Waals surface area contributed by atoms with Crippen molar-refractivity contribution in [1.29, 1.82) is 10.5 Å². The van der Waals surface area contributed by atoms with Crippen molar-refractivity contribution in [2.75, 3.05) is 0 Å². The molecule has 0 saturated heterocycles. The molecule has 6 heteroatoms. The predicted molar refractivity (Wildman–Crippen MR) is 37.4 cm³/mol. The van der Waals surface area contributed by atoms with Gasteiger partial charge < -0.3 is 5.11 Å². The molecule has 0 spiro atoms. The number of hydrogen-bond donors (Lipinski definition) is 1. The normalized spacial score (nSPS) is 9.82. The minimum Gasteiger partial charge on any atom is -0.506 e. The van der Waals surface area contributed by atoms with Crippen molar-refractivity contribution >= 4 is 41.2 Å². The summed E-state index contributed by atoms with van der Waals surface area (Å²) in [6, 6.07) is 2.55. The molecule has 0 fully saturated rings. The maximum atomic E-state index is 11.9. The second-order valence-corrected chi connectivity index (χ2v) is 1.67. The van der Waals surface area contributed by atoms with Gasteiger partial charge in [0.05, 0.1) is 0 Å². The van der Waals surface area contributed by atoms with Crippen molar-refractivity contribution in [2.45, 2.75) is 5.63 Å². The first-order valence-corrected chi connectivity index (χ1v) is 2.58. The van der Waals surface area contributed by atoms with E-state index in [1.54, 1.807) is 0 Å². The van der Waals surface area contributed by atoms with Crippen molar-refractivity contribution in [3.05, 3.63) is 11.3 Å². The minimum atomic E-state index is -2.19. The van der Waals surface area contributed by atoms with Crippen molar-refractivity contribution in [3.63, 3.8) is 0 Å². The Balaban J connectivity index is 0. The molecule has 53 valence electrons. The van der Waals surface area contributed by atoms with E-state index in [-0.39, 0.29) is 29.6 Å². The van der Waals surface area contributed by atoms with Gasteiger partial charge in [-0.1, -0.05) is 11.6 Å². The zero-order valence-electron chi connectivity index (χ0n) is 5.67. The summed E-state index contributed by atoms with van der Waals surface area (Å²) in [6.45, 7) is 0. The van der Waals surface area contributed by atoms with E-state index < -0.39 is 17.0 Å². The van der Waals surface area contributed by atoms with Gasteiger partial charge in [0.25, 0.3) is 0 Å². The number of aliphatic hydroxyl groups excluding tert-OH is 1. The van der Waals surface area contributed by atoms with Gasteiger partial charge in [-0.2, -0.15) is 10.5 Å². The van der Waals surface area contributed by atoms with Gasteiger partial charge in [0.1, 0.15) is 12.1 Å². The summed E-state index contributed by atoms with van der Waals surface area (Å²) in [5.74, 6) is -1.04. The van der Waals surface area contributed by atoms with E-state index in [0.29, 0.717) is 0 Å². The molecule has 0 aliphatic rings. The Kier molecular flexibility index (Phi) is 7.82. The summed E-state index contributed by atoms with van der Waals surface area (Å²) in [5, 5.41) is 24.6. The molecular weight excluding hydrogens is 182 g/mol. The Labute approximate surface area is 90.0 Å². The number of allylic oxidation sites excluding steroid dienone is 2. The van der Waals surface area contributed by atoms with Crippen LogP contribution in [0, 0.1) is 22.7 Å². The third-order valence-corrected chi connectivity index (χ3v) is 0.893. The average molecular weight is 184 g/mol. The van der Waals surface area contributed by atoms with Crippen LogP contribution in [0.1, 0.15) is 0 Å². The van der Waals surface area contributed by atoms with Crippen LogP contribution < -0.4 is 0 Å². The summed E-state index contributed by atoms with van der Waals surface area (Å²) in [7, 11) is 0. The van der Waals surface area contributed by atoms with Crippen LogP contribution in [-0.4, -0.2) is 40.3 Å². The van der Waals surface area contributed by atoms with E-state index in [1.807, 2.05) is 0 Å². The number of rotatable bonds is 1. The number of alkyl halides is 2. The van der Waals surface area contributed by atoms with E-state index in [4.69, 9.17) is 27.2 Å². The first-order chi connectivity index (χ1) is 4.63. The molecule has 11 heavy (non-hydrogen) atoms. The zero-order chi connectivity index (χ0) is 8.15. The summed E-state index contributed by atoms with van der Waals surface area (Å²) in [5.41, 5.74) is -2.89. The third-order valence-electron chi connectivity index (χ3n) is 0.686. The monoisotopic (exact) mass is 183 g/mol. The first-order valence-electron chi connectivity index (χ1n) is 2.15. The van der Waals surface area contributed by atoms with Crippen LogP contribution >= 0.6 is 11.6 Å². The molecule has 0 rings (SSSR count). The summed E-state index contributed by atoms with van der Waals surface area (Å²) >= 11 is 4.70. The van der Waals surface area contributed by atoms with E-state index in [0.717, 1.165) is 0 Å². The molecule has 0 heterocycles. The van der Waals surface area contributed by atoms with E-state index in [2.05, 4.69) is 0 Å². The maximum absolute atomic E-state index is 11.9. The SMILES string of the molecule is N#CC(C#N)=C(O)C(F)Cl.[Na]. The fourth-order valence-electron chi connectivity index (χ4n) is 0.249. The second kappa shape index (κ2) is 6.45. The van der Waals surface area contributed by atoms with Crippen LogP contribution in [0.5, 0.6) is 0 Å². The molecular formula is C5H2ClFN2NaO. The molecule has 0 bridgehead atoms.